The molecular weight excluding hydrogens is 180 g/mol. The zero-order chi connectivity index (χ0) is 10.6. The van der Waals surface area contributed by atoms with E-state index in [-0.39, 0.29) is 12.5 Å². The number of piperazine rings is 1. The molecular formula is C10H18N2O2. The summed E-state index contributed by atoms with van der Waals surface area (Å²) < 4.78 is 0. The van der Waals surface area contributed by atoms with Crippen LogP contribution in [0.3, 0.4) is 0 Å². The molecule has 0 saturated carbocycles. The van der Waals surface area contributed by atoms with Crippen LogP contribution in [0.25, 0.3) is 0 Å². The van der Waals surface area contributed by atoms with E-state index in [0.29, 0.717) is 6.04 Å². The summed E-state index contributed by atoms with van der Waals surface area (Å²) in [6.45, 7) is 8.31. The van der Waals surface area contributed by atoms with Crippen molar-refractivity contribution in [1.82, 2.24) is 10.2 Å². The van der Waals surface area contributed by atoms with Crippen molar-refractivity contribution < 1.29 is 9.90 Å². The van der Waals surface area contributed by atoms with Crippen molar-refractivity contribution in [3.8, 4) is 0 Å². The summed E-state index contributed by atoms with van der Waals surface area (Å²) in [5.74, 6) is -0.740. The van der Waals surface area contributed by atoms with Gasteiger partial charge in [-0.1, -0.05) is 6.08 Å². The highest BCUT2D eigenvalue weighted by atomic mass is 16.4. The molecule has 2 atom stereocenters. The fourth-order valence-electron chi connectivity index (χ4n) is 1.76. The Morgan fingerprint density at radius 3 is 3.07 bits per heavy atom. The Hall–Kier alpha value is -0.870. The molecule has 2 unspecified atom stereocenters. The van der Waals surface area contributed by atoms with Crippen LogP contribution < -0.4 is 5.32 Å². The summed E-state index contributed by atoms with van der Waals surface area (Å²) in [5.41, 5.74) is 0. The molecule has 0 spiro atoms. The van der Waals surface area contributed by atoms with E-state index in [1.807, 2.05) is 6.08 Å². The second-order valence-corrected chi connectivity index (χ2v) is 3.79. The smallest absolute Gasteiger partial charge is 0.304 e. The molecule has 0 radical (unpaired) electrons. The third kappa shape index (κ3) is 3.12. The first kappa shape index (κ1) is 11.2. The summed E-state index contributed by atoms with van der Waals surface area (Å²) >= 11 is 0. The third-order valence-electron chi connectivity index (χ3n) is 2.56. The minimum Gasteiger partial charge on any atom is -0.481 e. The van der Waals surface area contributed by atoms with Gasteiger partial charge in [-0.05, 0) is 6.92 Å². The summed E-state index contributed by atoms with van der Waals surface area (Å²) in [7, 11) is 0. The van der Waals surface area contributed by atoms with Crippen molar-refractivity contribution >= 4 is 5.97 Å². The maximum atomic E-state index is 10.5. The number of carboxylic acids is 1. The van der Waals surface area contributed by atoms with Gasteiger partial charge >= 0.3 is 5.97 Å². The fourth-order valence-corrected chi connectivity index (χ4v) is 1.76. The number of hydrogen-bond donors (Lipinski definition) is 2. The molecule has 1 aliphatic heterocycles. The second kappa shape index (κ2) is 5.12. The fraction of sp³-hybridized carbons (Fsp3) is 0.700. The predicted octanol–water partition coefficient (Wildman–Crippen LogP) is 0.309. The van der Waals surface area contributed by atoms with Gasteiger partial charge in [-0.25, -0.2) is 0 Å². The van der Waals surface area contributed by atoms with Gasteiger partial charge in [0.1, 0.15) is 0 Å². The Morgan fingerprint density at radius 1 is 1.79 bits per heavy atom. The average molecular weight is 198 g/mol. The topological polar surface area (TPSA) is 52.6 Å². The molecule has 4 heteroatoms. The molecule has 1 rings (SSSR count). The van der Waals surface area contributed by atoms with Crippen LogP contribution in [-0.2, 0) is 4.79 Å². The van der Waals surface area contributed by atoms with Crippen molar-refractivity contribution in [2.45, 2.75) is 25.4 Å². The van der Waals surface area contributed by atoms with E-state index in [1.54, 1.807) is 0 Å². The van der Waals surface area contributed by atoms with Crippen LogP contribution in [0.5, 0.6) is 0 Å². The molecule has 14 heavy (non-hydrogen) atoms. The Labute approximate surface area is 84.6 Å². The van der Waals surface area contributed by atoms with Crippen molar-refractivity contribution in [3.63, 3.8) is 0 Å². The van der Waals surface area contributed by atoms with Gasteiger partial charge in [0.05, 0.1) is 6.42 Å². The van der Waals surface area contributed by atoms with Crippen molar-refractivity contribution in [2.24, 2.45) is 0 Å². The number of hydrogen-bond acceptors (Lipinski definition) is 3. The molecule has 1 aliphatic rings. The Kier molecular flexibility index (Phi) is 4.10. The maximum absolute atomic E-state index is 10.5. The molecule has 0 aromatic heterocycles. The first-order valence-corrected chi connectivity index (χ1v) is 4.93. The van der Waals surface area contributed by atoms with E-state index < -0.39 is 5.97 Å². The van der Waals surface area contributed by atoms with Gasteiger partial charge in [-0.3, -0.25) is 9.69 Å². The summed E-state index contributed by atoms with van der Waals surface area (Å²) in [6.07, 6.45) is 2.06. The van der Waals surface area contributed by atoms with Gasteiger partial charge in [-0.15, -0.1) is 6.58 Å². The lowest BCUT2D eigenvalue weighted by Gasteiger charge is -2.37. The van der Waals surface area contributed by atoms with Crippen molar-refractivity contribution in [2.75, 3.05) is 19.6 Å². The van der Waals surface area contributed by atoms with Gasteiger partial charge < -0.3 is 10.4 Å². The highest BCUT2D eigenvalue weighted by Crippen LogP contribution is 2.08. The number of nitrogens with zero attached hydrogens (tertiary/aromatic N) is 1. The average Bonchev–Trinajstić information content (AvgIpc) is 2.10. The van der Waals surface area contributed by atoms with Crippen LogP contribution >= 0.6 is 0 Å². The molecule has 0 amide bonds. The number of carboxylic acid groups (broad SMARTS) is 1. The van der Waals surface area contributed by atoms with E-state index in [9.17, 15) is 4.79 Å². The number of aliphatic carboxylic acids is 1. The first-order chi connectivity index (χ1) is 6.63. The number of nitrogens with one attached hydrogen (secondary N) is 1. The van der Waals surface area contributed by atoms with Crippen LogP contribution in [0.15, 0.2) is 12.7 Å². The zero-order valence-electron chi connectivity index (χ0n) is 8.57. The van der Waals surface area contributed by atoms with Gasteiger partial charge in [0, 0.05) is 31.7 Å². The van der Waals surface area contributed by atoms with Crippen LogP contribution in [0, 0.1) is 0 Å². The Balaban J connectivity index is 2.44. The van der Waals surface area contributed by atoms with Crippen molar-refractivity contribution in [3.05, 3.63) is 12.7 Å². The SMILES string of the molecule is C=CCN1CC(CC(=O)O)NCC1C. The number of carbonyl (C=O) groups is 1. The molecule has 0 aromatic rings. The third-order valence-corrected chi connectivity index (χ3v) is 2.56. The monoisotopic (exact) mass is 198 g/mol. The van der Waals surface area contributed by atoms with Crippen LogP contribution in [0.2, 0.25) is 0 Å². The van der Waals surface area contributed by atoms with E-state index in [2.05, 4.69) is 23.7 Å². The quantitative estimate of drug-likeness (QED) is 0.638. The van der Waals surface area contributed by atoms with E-state index >= 15 is 0 Å². The second-order valence-electron chi connectivity index (χ2n) is 3.79. The first-order valence-electron chi connectivity index (χ1n) is 4.93. The molecule has 80 valence electrons. The largest absolute Gasteiger partial charge is 0.481 e. The highest BCUT2D eigenvalue weighted by Gasteiger charge is 2.25. The van der Waals surface area contributed by atoms with Crippen LogP contribution in [0.1, 0.15) is 13.3 Å². The molecule has 4 nitrogen and oxygen atoms in total. The molecule has 0 aromatic carbocycles. The van der Waals surface area contributed by atoms with Crippen LogP contribution in [0.4, 0.5) is 0 Å². The molecule has 1 heterocycles. The standard InChI is InChI=1S/C10H18N2O2/c1-3-4-12-7-9(5-10(13)14)11-6-8(12)2/h3,8-9,11H,1,4-7H2,2H3,(H,13,14). The van der Waals surface area contributed by atoms with Gasteiger partial charge in [0.2, 0.25) is 0 Å². The summed E-state index contributed by atoms with van der Waals surface area (Å²) in [6, 6.07) is 0.529. The minimum absolute atomic E-state index is 0.0728. The maximum Gasteiger partial charge on any atom is 0.304 e. The van der Waals surface area contributed by atoms with E-state index in [4.69, 9.17) is 5.11 Å². The zero-order valence-corrected chi connectivity index (χ0v) is 8.57. The Bertz CT molecular complexity index is 218. The number of rotatable bonds is 4. The molecule has 1 saturated heterocycles. The molecule has 0 aliphatic carbocycles. The minimum atomic E-state index is -0.740. The normalized spacial score (nSPS) is 28.6. The van der Waals surface area contributed by atoms with Gasteiger partial charge in [0.15, 0.2) is 0 Å². The highest BCUT2D eigenvalue weighted by molar-refractivity contribution is 5.67. The predicted molar refractivity (Wildman–Crippen MR) is 55.3 cm³/mol. The van der Waals surface area contributed by atoms with E-state index in [0.717, 1.165) is 19.6 Å². The lowest BCUT2D eigenvalue weighted by Crippen LogP contribution is -2.55. The van der Waals surface area contributed by atoms with Gasteiger partial charge in [-0.2, -0.15) is 0 Å². The lowest BCUT2D eigenvalue weighted by molar-refractivity contribution is -0.137. The lowest BCUT2D eigenvalue weighted by atomic mass is 10.1. The molecule has 0 bridgehead atoms. The van der Waals surface area contributed by atoms with Crippen LogP contribution in [-0.4, -0.2) is 47.7 Å². The molecule has 2 N–H and O–H groups in total. The van der Waals surface area contributed by atoms with Crippen molar-refractivity contribution in [1.29, 1.82) is 0 Å². The summed E-state index contributed by atoms with van der Waals surface area (Å²) in [5, 5.41) is 11.9. The Morgan fingerprint density at radius 2 is 2.50 bits per heavy atom. The molecule has 1 fully saturated rings. The summed E-state index contributed by atoms with van der Waals surface area (Å²) in [4.78, 5) is 12.8. The van der Waals surface area contributed by atoms with E-state index in [1.165, 1.54) is 0 Å². The van der Waals surface area contributed by atoms with Gasteiger partial charge in [0.25, 0.3) is 0 Å².